The van der Waals surface area contributed by atoms with E-state index in [4.69, 9.17) is 0 Å². The first-order chi connectivity index (χ1) is 9.01. The van der Waals surface area contributed by atoms with Crippen LogP contribution < -0.4 is 10.0 Å². The predicted molar refractivity (Wildman–Crippen MR) is 72.4 cm³/mol. The minimum absolute atomic E-state index is 0.168. The van der Waals surface area contributed by atoms with Crippen LogP contribution in [0.2, 0.25) is 0 Å². The van der Waals surface area contributed by atoms with E-state index < -0.39 is 10.0 Å². The molecule has 6 nitrogen and oxygen atoms in total. The van der Waals surface area contributed by atoms with E-state index >= 15 is 0 Å². The number of ether oxygens (including phenoxy) is 1. The Morgan fingerprint density at radius 3 is 2.63 bits per heavy atom. The lowest BCUT2D eigenvalue weighted by Gasteiger charge is -2.12. The Morgan fingerprint density at radius 1 is 1.32 bits per heavy atom. The summed E-state index contributed by atoms with van der Waals surface area (Å²) in [5.74, 6) is -0.348. The predicted octanol–water partition coefficient (Wildman–Crippen LogP) is 0.960. The number of rotatable bonds is 7. The van der Waals surface area contributed by atoms with E-state index in [9.17, 15) is 13.2 Å². The Labute approximate surface area is 113 Å². The first-order valence-corrected chi connectivity index (χ1v) is 7.39. The number of carbonyl (C=O) groups is 1. The molecular weight excluding hydrogens is 268 g/mol. The van der Waals surface area contributed by atoms with E-state index in [1.807, 2.05) is 0 Å². The minimum Gasteiger partial charge on any atom is -0.469 e. The summed E-state index contributed by atoms with van der Waals surface area (Å²) in [5, 5.41) is 2.92. The van der Waals surface area contributed by atoms with Crippen LogP contribution in [0.25, 0.3) is 0 Å². The van der Waals surface area contributed by atoms with Crippen molar-refractivity contribution >= 4 is 21.7 Å². The van der Waals surface area contributed by atoms with E-state index in [0.29, 0.717) is 18.8 Å². The molecule has 0 saturated carbocycles. The van der Waals surface area contributed by atoms with Gasteiger partial charge in [0.2, 0.25) is 10.0 Å². The highest BCUT2D eigenvalue weighted by Gasteiger charge is 2.16. The largest absolute Gasteiger partial charge is 0.469 e. The highest BCUT2D eigenvalue weighted by Crippen LogP contribution is 2.20. The molecule has 19 heavy (non-hydrogen) atoms. The number of nitrogens with one attached hydrogen (secondary N) is 2. The summed E-state index contributed by atoms with van der Waals surface area (Å²) in [7, 11) is -2.21. The second kappa shape index (κ2) is 7.10. The fourth-order valence-corrected chi connectivity index (χ4v) is 2.74. The van der Waals surface area contributed by atoms with Gasteiger partial charge in [-0.2, -0.15) is 0 Å². The van der Waals surface area contributed by atoms with Gasteiger partial charge in [0.1, 0.15) is 4.90 Å². The standard InChI is InChI=1S/C12H18N2O4S/c1-3-14-19(16,17)11-7-5-4-6-10(11)13-9-8-12(15)18-2/h4-7,13-14H,3,8-9H2,1-2H3. The molecule has 2 N–H and O–H groups in total. The van der Waals surface area contributed by atoms with Crippen LogP contribution in [0.4, 0.5) is 5.69 Å². The summed E-state index contributed by atoms with van der Waals surface area (Å²) < 4.78 is 30.9. The van der Waals surface area contributed by atoms with Crippen molar-refractivity contribution in [3.8, 4) is 0 Å². The number of methoxy groups -OCH3 is 1. The minimum atomic E-state index is -3.53. The fourth-order valence-electron chi connectivity index (χ4n) is 1.52. The van der Waals surface area contributed by atoms with Gasteiger partial charge in [0.15, 0.2) is 0 Å². The van der Waals surface area contributed by atoms with E-state index in [1.165, 1.54) is 13.2 Å². The molecule has 0 heterocycles. The highest BCUT2D eigenvalue weighted by molar-refractivity contribution is 7.89. The monoisotopic (exact) mass is 286 g/mol. The van der Waals surface area contributed by atoms with Crippen LogP contribution in [0.1, 0.15) is 13.3 Å². The van der Waals surface area contributed by atoms with Gasteiger partial charge >= 0.3 is 5.97 Å². The molecule has 0 bridgehead atoms. The van der Waals surface area contributed by atoms with Gasteiger partial charge in [-0.15, -0.1) is 0 Å². The molecule has 106 valence electrons. The molecule has 0 amide bonds. The second-order valence-electron chi connectivity index (χ2n) is 3.75. The zero-order chi connectivity index (χ0) is 14.3. The van der Waals surface area contributed by atoms with Crippen molar-refractivity contribution in [2.24, 2.45) is 0 Å². The molecular formula is C12H18N2O4S. The zero-order valence-corrected chi connectivity index (χ0v) is 11.8. The van der Waals surface area contributed by atoms with E-state index in [1.54, 1.807) is 25.1 Å². The maximum atomic E-state index is 12.0. The topological polar surface area (TPSA) is 84.5 Å². The zero-order valence-electron chi connectivity index (χ0n) is 11.0. The Hall–Kier alpha value is -1.60. The first-order valence-electron chi connectivity index (χ1n) is 5.90. The van der Waals surface area contributed by atoms with Crippen LogP contribution in [0.5, 0.6) is 0 Å². The third-order valence-corrected chi connectivity index (χ3v) is 3.99. The first kappa shape index (κ1) is 15.5. The van der Waals surface area contributed by atoms with Gasteiger partial charge in [0, 0.05) is 13.1 Å². The van der Waals surface area contributed by atoms with Crippen LogP contribution in [0.3, 0.4) is 0 Å². The van der Waals surface area contributed by atoms with Crippen LogP contribution in [0, 0.1) is 0 Å². The number of carbonyl (C=O) groups excluding carboxylic acids is 1. The quantitative estimate of drug-likeness (QED) is 0.729. The van der Waals surface area contributed by atoms with Crippen molar-refractivity contribution in [3.05, 3.63) is 24.3 Å². The maximum absolute atomic E-state index is 12.0. The molecule has 0 spiro atoms. The Morgan fingerprint density at radius 2 is 2.00 bits per heavy atom. The molecule has 0 aliphatic rings. The molecule has 0 saturated heterocycles. The van der Waals surface area contributed by atoms with Gasteiger partial charge in [-0.3, -0.25) is 4.79 Å². The third-order valence-electron chi connectivity index (χ3n) is 2.38. The van der Waals surface area contributed by atoms with Gasteiger partial charge in [0.25, 0.3) is 0 Å². The van der Waals surface area contributed by atoms with Crippen LogP contribution in [-0.4, -0.2) is 34.6 Å². The molecule has 1 aromatic carbocycles. The third kappa shape index (κ3) is 4.53. The average molecular weight is 286 g/mol. The van der Waals surface area contributed by atoms with Crippen molar-refractivity contribution in [2.45, 2.75) is 18.2 Å². The number of sulfonamides is 1. The molecule has 7 heteroatoms. The molecule has 0 radical (unpaired) electrons. The van der Waals surface area contributed by atoms with Crippen LogP contribution >= 0.6 is 0 Å². The number of benzene rings is 1. The van der Waals surface area contributed by atoms with E-state index in [-0.39, 0.29) is 17.3 Å². The second-order valence-corrected chi connectivity index (χ2v) is 5.49. The smallest absolute Gasteiger partial charge is 0.307 e. The summed E-state index contributed by atoms with van der Waals surface area (Å²) in [6.45, 7) is 2.34. The Kier molecular flexibility index (Phi) is 5.78. The summed E-state index contributed by atoms with van der Waals surface area (Å²) in [6, 6.07) is 6.54. The number of hydrogen-bond donors (Lipinski definition) is 2. The van der Waals surface area contributed by atoms with Crippen molar-refractivity contribution in [3.63, 3.8) is 0 Å². The Balaban J connectivity index is 2.82. The molecule has 0 fully saturated rings. The lowest BCUT2D eigenvalue weighted by atomic mass is 10.3. The summed E-state index contributed by atoms with van der Waals surface area (Å²) in [4.78, 5) is 11.2. The van der Waals surface area contributed by atoms with Crippen molar-refractivity contribution in [1.82, 2.24) is 4.72 Å². The number of anilines is 1. The average Bonchev–Trinajstić information content (AvgIpc) is 2.39. The fraction of sp³-hybridized carbons (Fsp3) is 0.417. The SMILES string of the molecule is CCNS(=O)(=O)c1ccccc1NCCC(=O)OC. The van der Waals surface area contributed by atoms with Gasteiger partial charge in [-0.25, -0.2) is 13.1 Å². The number of hydrogen-bond acceptors (Lipinski definition) is 5. The highest BCUT2D eigenvalue weighted by atomic mass is 32.2. The summed E-state index contributed by atoms with van der Waals surface area (Å²) >= 11 is 0. The van der Waals surface area contributed by atoms with Gasteiger partial charge < -0.3 is 10.1 Å². The van der Waals surface area contributed by atoms with Gasteiger partial charge in [-0.1, -0.05) is 19.1 Å². The lowest BCUT2D eigenvalue weighted by molar-refractivity contribution is -0.140. The van der Waals surface area contributed by atoms with Crippen molar-refractivity contribution in [1.29, 1.82) is 0 Å². The molecule has 0 aliphatic carbocycles. The molecule has 1 aromatic rings. The number of para-hydroxylation sites is 1. The van der Waals surface area contributed by atoms with E-state index in [0.717, 1.165) is 0 Å². The van der Waals surface area contributed by atoms with Crippen LogP contribution in [-0.2, 0) is 19.6 Å². The maximum Gasteiger partial charge on any atom is 0.307 e. The van der Waals surface area contributed by atoms with Gasteiger partial charge in [0.05, 0.1) is 19.2 Å². The van der Waals surface area contributed by atoms with Gasteiger partial charge in [-0.05, 0) is 12.1 Å². The lowest BCUT2D eigenvalue weighted by Crippen LogP contribution is -2.24. The molecule has 1 rings (SSSR count). The molecule has 0 unspecified atom stereocenters. The molecule has 0 aromatic heterocycles. The van der Waals surface area contributed by atoms with Crippen LogP contribution in [0.15, 0.2) is 29.2 Å². The Bertz CT molecular complexity index is 528. The van der Waals surface area contributed by atoms with E-state index in [2.05, 4.69) is 14.8 Å². The van der Waals surface area contributed by atoms with Crippen molar-refractivity contribution in [2.75, 3.05) is 25.5 Å². The molecule has 0 atom stereocenters. The molecule has 0 aliphatic heterocycles. The normalized spacial score (nSPS) is 11.1. The summed E-state index contributed by atoms with van der Waals surface area (Å²) in [5.41, 5.74) is 0.465. The number of esters is 1. The summed E-state index contributed by atoms with van der Waals surface area (Å²) in [6.07, 6.45) is 0.173. The van der Waals surface area contributed by atoms with Crippen molar-refractivity contribution < 1.29 is 17.9 Å².